The van der Waals surface area contributed by atoms with Crippen LogP contribution in [-0.4, -0.2) is 6.29 Å². The van der Waals surface area contributed by atoms with Gasteiger partial charge in [0.15, 0.2) is 6.29 Å². The summed E-state index contributed by atoms with van der Waals surface area (Å²) in [5.74, 6) is 0. The molecule has 0 amide bonds. The maximum atomic E-state index is 12.5. The molecule has 2 aromatic rings. The number of carbonyl (C=O) groups is 1. The molecule has 3 rings (SSSR count). The van der Waals surface area contributed by atoms with Crippen LogP contribution in [0.15, 0.2) is 18.2 Å². The molecule has 2 aromatic carbocycles. The van der Waals surface area contributed by atoms with Crippen molar-refractivity contribution < 1.29 is 4.79 Å². The highest BCUT2D eigenvalue weighted by molar-refractivity contribution is 5.92. The van der Waals surface area contributed by atoms with Crippen molar-refractivity contribution >= 4 is 6.29 Å². The maximum Gasteiger partial charge on any atom is 0.150 e. The Morgan fingerprint density at radius 3 is 2.13 bits per heavy atom. The van der Waals surface area contributed by atoms with Crippen LogP contribution >= 0.6 is 0 Å². The van der Waals surface area contributed by atoms with Crippen LogP contribution in [-0.2, 0) is 32.1 Å². The fraction of sp³-hybridized carbons (Fsp3) is 0.552. The molecule has 0 radical (unpaired) electrons. The predicted octanol–water partition coefficient (Wildman–Crippen LogP) is 8.05. The normalized spacial score (nSPS) is 12.1. The van der Waals surface area contributed by atoms with Gasteiger partial charge in [-0.25, -0.2) is 0 Å². The first-order valence-electron chi connectivity index (χ1n) is 12.5. The van der Waals surface area contributed by atoms with Crippen molar-refractivity contribution in [3.05, 3.63) is 57.1 Å². The first-order chi connectivity index (χ1) is 14.7. The van der Waals surface area contributed by atoms with Crippen molar-refractivity contribution in [2.45, 2.75) is 105 Å². The van der Waals surface area contributed by atoms with Gasteiger partial charge in [0, 0.05) is 5.56 Å². The number of fused-ring (bicyclic) bond motifs is 3. The number of benzene rings is 2. The second-order valence-corrected chi connectivity index (χ2v) is 9.01. The van der Waals surface area contributed by atoms with Crippen LogP contribution < -0.4 is 0 Å². The van der Waals surface area contributed by atoms with Gasteiger partial charge in [0.05, 0.1) is 0 Å². The second kappa shape index (κ2) is 10.9. The summed E-state index contributed by atoms with van der Waals surface area (Å²) in [6.07, 6.45) is 15.0. The molecule has 1 nitrogen and oxygen atoms in total. The Kier molecular flexibility index (Phi) is 8.31. The lowest BCUT2D eigenvalue weighted by molar-refractivity contribution is 0.112. The van der Waals surface area contributed by atoms with Gasteiger partial charge in [0.2, 0.25) is 0 Å². The van der Waals surface area contributed by atoms with Gasteiger partial charge in [-0.05, 0) is 83.0 Å². The fourth-order valence-corrected chi connectivity index (χ4v) is 5.50. The van der Waals surface area contributed by atoms with Gasteiger partial charge in [-0.1, -0.05) is 84.4 Å². The third-order valence-electron chi connectivity index (χ3n) is 6.75. The van der Waals surface area contributed by atoms with Crippen LogP contribution in [0.25, 0.3) is 11.1 Å². The molecule has 162 valence electrons. The van der Waals surface area contributed by atoms with E-state index in [-0.39, 0.29) is 0 Å². The van der Waals surface area contributed by atoms with Crippen molar-refractivity contribution in [3.8, 4) is 11.1 Å². The molecule has 0 saturated heterocycles. The average Bonchev–Trinajstić information content (AvgIpc) is 3.13. The summed E-state index contributed by atoms with van der Waals surface area (Å²) >= 11 is 0. The Morgan fingerprint density at radius 2 is 1.47 bits per heavy atom. The van der Waals surface area contributed by atoms with Crippen LogP contribution in [0.4, 0.5) is 0 Å². The first kappa shape index (κ1) is 22.8. The molecule has 1 aliphatic carbocycles. The third kappa shape index (κ3) is 4.41. The Morgan fingerprint density at radius 1 is 0.733 bits per heavy atom. The van der Waals surface area contributed by atoms with E-state index in [1.807, 2.05) is 0 Å². The minimum atomic E-state index is 0.932. The molecule has 1 aliphatic rings. The van der Waals surface area contributed by atoms with Gasteiger partial charge in [-0.15, -0.1) is 0 Å². The van der Waals surface area contributed by atoms with Crippen molar-refractivity contribution in [2.24, 2.45) is 0 Å². The number of unbranched alkanes of at least 4 members (excludes halogenated alkanes) is 3. The number of rotatable bonds is 12. The summed E-state index contributed by atoms with van der Waals surface area (Å²) < 4.78 is 0. The van der Waals surface area contributed by atoms with Crippen molar-refractivity contribution in [1.29, 1.82) is 0 Å². The topological polar surface area (TPSA) is 17.1 Å². The number of aryl methyl sites for hydroxylation is 1. The molecule has 1 heteroatoms. The molecule has 0 N–H and O–H groups in total. The lowest BCUT2D eigenvalue weighted by atomic mass is 9.81. The minimum absolute atomic E-state index is 0.932. The number of carbonyl (C=O) groups excluding carboxylic acids is 1. The molecule has 0 spiro atoms. The van der Waals surface area contributed by atoms with E-state index in [4.69, 9.17) is 0 Å². The predicted molar refractivity (Wildman–Crippen MR) is 130 cm³/mol. The zero-order valence-electron chi connectivity index (χ0n) is 19.7. The highest BCUT2D eigenvalue weighted by atomic mass is 16.1. The number of hydrogen-bond acceptors (Lipinski definition) is 1. The van der Waals surface area contributed by atoms with Crippen molar-refractivity contribution in [3.63, 3.8) is 0 Å². The lowest BCUT2D eigenvalue weighted by Crippen LogP contribution is -2.10. The zero-order chi connectivity index (χ0) is 21.5. The molecule has 0 fully saturated rings. The second-order valence-electron chi connectivity index (χ2n) is 9.01. The van der Waals surface area contributed by atoms with Crippen LogP contribution in [0.1, 0.15) is 116 Å². The molecule has 0 aromatic heterocycles. The summed E-state index contributed by atoms with van der Waals surface area (Å²) in [7, 11) is 0. The Labute approximate surface area is 184 Å². The van der Waals surface area contributed by atoms with Crippen LogP contribution in [0.5, 0.6) is 0 Å². The fourth-order valence-electron chi connectivity index (χ4n) is 5.50. The molecular formula is C29H40O. The highest BCUT2D eigenvalue weighted by Crippen LogP contribution is 2.46. The van der Waals surface area contributed by atoms with Gasteiger partial charge in [0.25, 0.3) is 0 Å². The molecular weight excluding hydrogens is 364 g/mol. The average molecular weight is 405 g/mol. The largest absolute Gasteiger partial charge is 0.298 e. The number of hydrogen-bond donors (Lipinski definition) is 0. The molecule has 0 aliphatic heterocycles. The minimum Gasteiger partial charge on any atom is -0.298 e. The summed E-state index contributed by atoms with van der Waals surface area (Å²) in [6.45, 7) is 9.10. The van der Waals surface area contributed by atoms with E-state index in [0.717, 1.165) is 56.9 Å². The van der Waals surface area contributed by atoms with Crippen LogP contribution in [0.2, 0.25) is 0 Å². The van der Waals surface area contributed by atoms with E-state index in [1.54, 1.807) is 5.56 Å². The summed E-state index contributed by atoms with van der Waals surface area (Å²) in [6, 6.07) is 6.82. The van der Waals surface area contributed by atoms with Crippen LogP contribution in [0.3, 0.4) is 0 Å². The summed E-state index contributed by atoms with van der Waals surface area (Å²) in [4.78, 5) is 12.5. The Hall–Kier alpha value is -1.89. The monoisotopic (exact) mass is 404 g/mol. The van der Waals surface area contributed by atoms with Crippen molar-refractivity contribution in [2.75, 3.05) is 0 Å². The smallest absolute Gasteiger partial charge is 0.150 e. The van der Waals surface area contributed by atoms with E-state index in [2.05, 4.69) is 45.9 Å². The molecule has 0 heterocycles. The van der Waals surface area contributed by atoms with Crippen LogP contribution in [0, 0.1) is 0 Å². The van der Waals surface area contributed by atoms with Gasteiger partial charge in [0.1, 0.15) is 0 Å². The van der Waals surface area contributed by atoms with E-state index < -0.39 is 0 Å². The lowest BCUT2D eigenvalue weighted by Gasteiger charge is -2.23. The van der Waals surface area contributed by atoms with E-state index in [0.29, 0.717) is 0 Å². The van der Waals surface area contributed by atoms with Crippen molar-refractivity contribution in [1.82, 2.24) is 0 Å². The molecule has 0 atom stereocenters. The first-order valence-corrected chi connectivity index (χ1v) is 12.5. The van der Waals surface area contributed by atoms with E-state index in [9.17, 15) is 4.79 Å². The highest BCUT2D eigenvalue weighted by Gasteiger charge is 2.30. The SMILES string of the molecule is CCCCCCc1c(C=O)c2c(c(CCC)c1CCC)-c1c(CCC)cccc1C2. The standard InChI is InChI=1S/C29H40O/c1-5-9-10-11-18-24-23(14-7-3)25(15-8-4)29-26(27(24)20-30)19-22-17-12-16-21(13-6-2)28(22)29/h12,16-17,20H,5-11,13-15,18-19H2,1-4H3. The summed E-state index contributed by atoms with van der Waals surface area (Å²) in [5.41, 5.74) is 12.6. The van der Waals surface area contributed by atoms with Gasteiger partial charge >= 0.3 is 0 Å². The maximum absolute atomic E-state index is 12.5. The van der Waals surface area contributed by atoms with Gasteiger partial charge in [-0.3, -0.25) is 4.79 Å². The van der Waals surface area contributed by atoms with Gasteiger partial charge < -0.3 is 0 Å². The van der Waals surface area contributed by atoms with Gasteiger partial charge in [-0.2, -0.15) is 0 Å². The van der Waals surface area contributed by atoms with E-state index >= 15 is 0 Å². The Bertz CT molecular complexity index is 875. The Balaban J connectivity index is 2.24. The molecule has 0 saturated carbocycles. The summed E-state index contributed by atoms with van der Waals surface area (Å²) in [5, 5.41) is 0. The zero-order valence-corrected chi connectivity index (χ0v) is 19.7. The molecule has 0 unspecified atom stereocenters. The quantitative estimate of drug-likeness (QED) is 0.220. The molecule has 30 heavy (non-hydrogen) atoms. The third-order valence-corrected chi connectivity index (χ3v) is 6.75. The number of aldehydes is 1. The molecule has 0 bridgehead atoms. The van der Waals surface area contributed by atoms with E-state index in [1.165, 1.54) is 70.9 Å².